The van der Waals surface area contributed by atoms with Gasteiger partial charge in [0.25, 0.3) is 0 Å². The van der Waals surface area contributed by atoms with Crippen LogP contribution in [0.2, 0.25) is 0 Å². The Morgan fingerprint density at radius 3 is 2.62 bits per heavy atom. The smallest absolute Gasteiger partial charge is 0.230 e. The Kier molecular flexibility index (Phi) is 6.60. The summed E-state index contributed by atoms with van der Waals surface area (Å²) >= 11 is 0. The van der Waals surface area contributed by atoms with Crippen molar-refractivity contribution in [2.45, 2.75) is 51.9 Å². The van der Waals surface area contributed by atoms with Crippen LogP contribution in [-0.2, 0) is 26.2 Å². The van der Waals surface area contributed by atoms with Crippen LogP contribution in [0.4, 0.5) is 5.82 Å². The van der Waals surface area contributed by atoms with Gasteiger partial charge in [0.15, 0.2) is 0 Å². The molecular weight excluding hydrogens is 402 g/mol. The van der Waals surface area contributed by atoms with Crippen molar-refractivity contribution in [1.82, 2.24) is 10.3 Å². The van der Waals surface area contributed by atoms with E-state index < -0.39 is 0 Å². The Morgan fingerprint density at radius 1 is 1.16 bits per heavy atom. The number of anilines is 1. The maximum atomic E-state index is 12.7. The zero-order valence-electron chi connectivity index (χ0n) is 19.2. The third-order valence-electron chi connectivity index (χ3n) is 6.38. The van der Waals surface area contributed by atoms with Crippen molar-refractivity contribution in [3.8, 4) is 11.1 Å². The fraction of sp³-hybridized carbons (Fsp3) is 0.500. The van der Waals surface area contributed by atoms with Gasteiger partial charge in [-0.1, -0.05) is 45.0 Å². The third kappa shape index (κ3) is 5.54. The number of nitrogens with zero attached hydrogens (tertiary/aromatic N) is 1. The normalized spacial score (nSPS) is 19.6. The molecule has 0 aliphatic carbocycles. The molecule has 0 unspecified atom stereocenters. The summed E-state index contributed by atoms with van der Waals surface area (Å²) in [6.07, 6.45) is 3.16. The number of aromatic nitrogens is 1. The van der Waals surface area contributed by atoms with Crippen LogP contribution >= 0.6 is 0 Å². The first-order chi connectivity index (χ1) is 15.3. The van der Waals surface area contributed by atoms with Crippen LogP contribution in [0.3, 0.4) is 0 Å². The highest BCUT2D eigenvalue weighted by molar-refractivity contribution is 5.97. The quantitative estimate of drug-likeness (QED) is 0.741. The Balaban J connectivity index is 1.64. The van der Waals surface area contributed by atoms with Gasteiger partial charge in [-0.15, -0.1) is 0 Å². The molecule has 2 N–H and O–H groups in total. The molecule has 4 rings (SSSR count). The predicted octanol–water partition coefficient (Wildman–Crippen LogP) is 4.09. The molecule has 0 bridgehead atoms. The Hall–Kier alpha value is -2.73. The minimum Gasteiger partial charge on any atom is -0.381 e. The van der Waals surface area contributed by atoms with Gasteiger partial charge in [0.1, 0.15) is 5.82 Å². The molecule has 0 spiro atoms. The lowest BCUT2D eigenvalue weighted by atomic mass is 9.85. The van der Waals surface area contributed by atoms with Crippen LogP contribution in [0.15, 0.2) is 36.4 Å². The lowest BCUT2D eigenvalue weighted by Crippen LogP contribution is -2.25. The SMILES string of the molecule is CC(C)(C)c1cccc(-c2cc(CC3CCOCC3)nc(NC(=O)[C@H]3CNC(=O)C3)c2)c1. The van der Waals surface area contributed by atoms with Gasteiger partial charge < -0.3 is 15.4 Å². The lowest BCUT2D eigenvalue weighted by Gasteiger charge is -2.22. The second kappa shape index (κ2) is 9.41. The first-order valence-corrected chi connectivity index (χ1v) is 11.5. The molecule has 6 heteroatoms. The number of hydrogen-bond donors (Lipinski definition) is 2. The van der Waals surface area contributed by atoms with Crippen molar-refractivity contribution in [1.29, 1.82) is 0 Å². The first kappa shape index (κ1) is 22.5. The van der Waals surface area contributed by atoms with Gasteiger partial charge in [-0.05, 0) is 59.4 Å². The molecular formula is C26H33N3O3. The summed E-state index contributed by atoms with van der Waals surface area (Å²) in [4.78, 5) is 29.0. The van der Waals surface area contributed by atoms with E-state index >= 15 is 0 Å². The Labute approximate surface area is 190 Å². The van der Waals surface area contributed by atoms with Crippen LogP contribution < -0.4 is 10.6 Å². The number of nitrogens with one attached hydrogen (secondary N) is 2. The molecule has 2 saturated heterocycles. The van der Waals surface area contributed by atoms with Gasteiger partial charge in [-0.25, -0.2) is 4.98 Å². The van der Waals surface area contributed by atoms with Gasteiger partial charge in [-0.2, -0.15) is 0 Å². The van der Waals surface area contributed by atoms with E-state index in [9.17, 15) is 9.59 Å². The van der Waals surface area contributed by atoms with Crippen molar-refractivity contribution in [3.05, 3.63) is 47.7 Å². The minimum absolute atomic E-state index is 0.0486. The molecule has 0 radical (unpaired) electrons. The number of hydrogen-bond acceptors (Lipinski definition) is 4. The highest BCUT2D eigenvalue weighted by Crippen LogP contribution is 2.30. The molecule has 1 aromatic heterocycles. The molecule has 2 aromatic rings. The molecule has 3 heterocycles. The van der Waals surface area contributed by atoms with Gasteiger partial charge >= 0.3 is 0 Å². The van der Waals surface area contributed by atoms with Gasteiger partial charge in [0, 0.05) is 31.9 Å². The second-order valence-electron chi connectivity index (χ2n) is 10.0. The van der Waals surface area contributed by atoms with E-state index in [-0.39, 0.29) is 29.6 Å². The van der Waals surface area contributed by atoms with E-state index in [1.807, 2.05) is 6.07 Å². The maximum absolute atomic E-state index is 12.7. The number of benzene rings is 1. The Morgan fingerprint density at radius 2 is 1.94 bits per heavy atom. The van der Waals surface area contributed by atoms with E-state index in [0.29, 0.717) is 18.3 Å². The monoisotopic (exact) mass is 435 g/mol. The third-order valence-corrected chi connectivity index (χ3v) is 6.38. The van der Waals surface area contributed by atoms with Crippen molar-refractivity contribution in [2.24, 2.45) is 11.8 Å². The van der Waals surface area contributed by atoms with E-state index in [4.69, 9.17) is 9.72 Å². The number of ether oxygens (including phenoxy) is 1. The van der Waals surface area contributed by atoms with Crippen molar-refractivity contribution >= 4 is 17.6 Å². The van der Waals surface area contributed by atoms with Crippen LogP contribution in [0.1, 0.15) is 51.3 Å². The van der Waals surface area contributed by atoms with Gasteiger partial charge in [0.05, 0.1) is 5.92 Å². The first-order valence-electron chi connectivity index (χ1n) is 11.5. The number of pyridine rings is 1. The van der Waals surface area contributed by atoms with Crippen LogP contribution in [0.25, 0.3) is 11.1 Å². The topological polar surface area (TPSA) is 80.3 Å². The standard InChI is InChI=1S/C26H33N3O3/c1-26(2,3)21-6-4-5-18(12-21)19-13-22(11-17-7-9-32-10-8-17)28-23(14-19)29-25(31)20-15-24(30)27-16-20/h4-6,12-14,17,20H,7-11,15-16H2,1-3H3,(H,27,30)(H,28,29,31)/t20-/m1/s1. The van der Waals surface area contributed by atoms with Gasteiger partial charge in [-0.3, -0.25) is 9.59 Å². The zero-order valence-corrected chi connectivity index (χ0v) is 19.2. The molecule has 1 aromatic carbocycles. The summed E-state index contributed by atoms with van der Waals surface area (Å²) in [7, 11) is 0. The summed E-state index contributed by atoms with van der Waals surface area (Å²) in [5.41, 5.74) is 4.45. The maximum Gasteiger partial charge on any atom is 0.230 e. The summed E-state index contributed by atoms with van der Waals surface area (Å²) in [6, 6.07) is 12.7. The molecule has 2 aliphatic rings. The average Bonchev–Trinajstić information content (AvgIpc) is 3.20. The second-order valence-corrected chi connectivity index (χ2v) is 10.0. The number of carbonyl (C=O) groups is 2. The van der Waals surface area contributed by atoms with Crippen molar-refractivity contribution < 1.29 is 14.3 Å². The molecule has 2 fully saturated rings. The van der Waals surface area contributed by atoms with E-state index in [1.54, 1.807) is 0 Å². The highest BCUT2D eigenvalue weighted by Gasteiger charge is 2.28. The Bertz CT molecular complexity index is 990. The fourth-order valence-corrected chi connectivity index (χ4v) is 4.35. The van der Waals surface area contributed by atoms with Crippen LogP contribution in [-0.4, -0.2) is 36.6 Å². The summed E-state index contributed by atoms with van der Waals surface area (Å²) in [5, 5.41) is 5.70. The fourth-order valence-electron chi connectivity index (χ4n) is 4.35. The number of rotatable bonds is 5. The molecule has 1 atom stereocenters. The van der Waals surface area contributed by atoms with Crippen molar-refractivity contribution in [3.63, 3.8) is 0 Å². The number of amides is 2. The van der Waals surface area contributed by atoms with E-state index in [1.165, 1.54) is 5.56 Å². The predicted molar refractivity (Wildman–Crippen MR) is 125 cm³/mol. The largest absolute Gasteiger partial charge is 0.381 e. The van der Waals surface area contributed by atoms with E-state index in [2.05, 4.69) is 61.7 Å². The van der Waals surface area contributed by atoms with Gasteiger partial charge in [0.2, 0.25) is 11.8 Å². The molecule has 32 heavy (non-hydrogen) atoms. The molecule has 6 nitrogen and oxygen atoms in total. The van der Waals surface area contributed by atoms with Crippen molar-refractivity contribution in [2.75, 3.05) is 25.1 Å². The number of carbonyl (C=O) groups excluding carboxylic acids is 2. The molecule has 2 aliphatic heterocycles. The minimum atomic E-state index is -0.351. The molecule has 2 amide bonds. The van der Waals surface area contributed by atoms with Crippen LogP contribution in [0.5, 0.6) is 0 Å². The van der Waals surface area contributed by atoms with Crippen LogP contribution in [0, 0.1) is 11.8 Å². The summed E-state index contributed by atoms with van der Waals surface area (Å²) in [6.45, 7) is 8.59. The lowest BCUT2D eigenvalue weighted by molar-refractivity contribution is -0.123. The summed E-state index contributed by atoms with van der Waals surface area (Å²) in [5.74, 6) is 0.498. The summed E-state index contributed by atoms with van der Waals surface area (Å²) < 4.78 is 5.51. The van der Waals surface area contributed by atoms with E-state index in [0.717, 1.165) is 49.3 Å². The highest BCUT2D eigenvalue weighted by atomic mass is 16.5. The molecule has 0 saturated carbocycles. The zero-order chi connectivity index (χ0) is 22.7. The molecule has 170 valence electrons. The average molecular weight is 436 g/mol.